The van der Waals surface area contributed by atoms with Crippen molar-refractivity contribution >= 4 is 22.4 Å². The summed E-state index contributed by atoms with van der Waals surface area (Å²) in [5.41, 5.74) is 2.21. The van der Waals surface area contributed by atoms with Gasteiger partial charge in [0.1, 0.15) is 5.01 Å². The van der Waals surface area contributed by atoms with Gasteiger partial charge >= 0.3 is 0 Å². The minimum Gasteiger partial charge on any atom is -0.290 e. The molecule has 0 aliphatic rings. The van der Waals surface area contributed by atoms with Gasteiger partial charge in [-0.25, -0.2) is 0 Å². The lowest BCUT2D eigenvalue weighted by Gasteiger charge is -2.08. The number of aromatic nitrogens is 2. The van der Waals surface area contributed by atoms with Crippen LogP contribution in [0.5, 0.6) is 0 Å². The highest BCUT2D eigenvalue weighted by Crippen LogP contribution is 2.28. The number of hydrogen-bond acceptors (Lipinski definition) is 4. The summed E-state index contributed by atoms with van der Waals surface area (Å²) in [6.45, 7) is 3.54. The fourth-order valence-electron chi connectivity index (χ4n) is 1.38. The smallest absolute Gasteiger partial charge is 0.225 e. The minimum atomic E-state index is -0.0445. The van der Waals surface area contributed by atoms with Gasteiger partial charge in [-0.15, -0.1) is 10.2 Å². The number of hydrogen-bond donors (Lipinski definition) is 0. The van der Waals surface area contributed by atoms with Crippen LogP contribution in [-0.2, 0) is 4.79 Å². The topological polar surface area (TPSA) is 46.1 Å². The number of carbonyl (C=O) groups excluding carboxylic acids is 1. The molecule has 1 amide bonds. The Labute approximate surface area is 104 Å². The summed E-state index contributed by atoms with van der Waals surface area (Å²) in [6.07, 6.45) is 0. The summed E-state index contributed by atoms with van der Waals surface area (Å²) >= 11 is 1.41. The molecule has 2 aromatic rings. The number of nitrogens with zero attached hydrogens (tertiary/aromatic N) is 3. The Morgan fingerprint density at radius 2 is 2.12 bits per heavy atom. The summed E-state index contributed by atoms with van der Waals surface area (Å²) in [4.78, 5) is 12.7. The van der Waals surface area contributed by atoms with Crippen molar-refractivity contribution in [1.29, 1.82) is 0 Å². The van der Waals surface area contributed by atoms with Crippen molar-refractivity contribution < 1.29 is 4.79 Å². The zero-order valence-corrected chi connectivity index (χ0v) is 10.8. The van der Waals surface area contributed by atoms with E-state index in [4.69, 9.17) is 0 Å². The van der Waals surface area contributed by atoms with Gasteiger partial charge in [-0.2, -0.15) is 0 Å². The van der Waals surface area contributed by atoms with Crippen LogP contribution in [0.4, 0.5) is 5.13 Å². The number of aryl methyl sites for hydroxylation is 1. The summed E-state index contributed by atoms with van der Waals surface area (Å²) in [5.74, 6) is -0.0445. The van der Waals surface area contributed by atoms with Crippen LogP contribution in [0.25, 0.3) is 10.6 Å². The van der Waals surface area contributed by atoms with E-state index in [-0.39, 0.29) is 5.91 Å². The monoisotopic (exact) mass is 247 g/mol. The molecule has 0 fully saturated rings. The molecule has 1 aromatic heterocycles. The maximum Gasteiger partial charge on any atom is 0.225 e. The van der Waals surface area contributed by atoms with Crippen LogP contribution in [0.3, 0.4) is 0 Å². The molecule has 0 atom stereocenters. The van der Waals surface area contributed by atoms with Crippen LogP contribution < -0.4 is 4.90 Å². The van der Waals surface area contributed by atoms with Gasteiger partial charge in [0.15, 0.2) is 0 Å². The van der Waals surface area contributed by atoms with Gasteiger partial charge in [-0.3, -0.25) is 9.69 Å². The van der Waals surface area contributed by atoms with Crippen LogP contribution in [0.15, 0.2) is 24.3 Å². The first-order valence-electron chi connectivity index (χ1n) is 5.23. The van der Waals surface area contributed by atoms with Crippen molar-refractivity contribution in [3.05, 3.63) is 29.8 Å². The van der Waals surface area contributed by atoms with E-state index in [1.807, 2.05) is 25.1 Å². The molecule has 0 bridgehead atoms. The third kappa shape index (κ3) is 2.50. The lowest BCUT2D eigenvalue weighted by Crippen LogP contribution is -2.22. The number of benzene rings is 1. The lowest BCUT2D eigenvalue weighted by atomic mass is 10.1. The Morgan fingerprint density at radius 1 is 1.35 bits per heavy atom. The van der Waals surface area contributed by atoms with E-state index in [9.17, 15) is 4.79 Å². The largest absolute Gasteiger partial charge is 0.290 e. The van der Waals surface area contributed by atoms with Crippen LogP contribution >= 0.6 is 11.3 Å². The molecule has 0 radical (unpaired) electrons. The molecule has 88 valence electrons. The molecule has 1 aromatic carbocycles. The van der Waals surface area contributed by atoms with Gasteiger partial charge < -0.3 is 0 Å². The fraction of sp³-hybridized carbons (Fsp3) is 0.250. The molecule has 0 spiro atoms. The lowest BCUT2D eigenvalue weighted by molar-refractivity contribution is -0.116. The summed E-state index contributed by atoms with van der Waals surface area (Å²) < 4.78 is 0. The maximum atomic E-state index is 11.2. The third-order valence-electron chi connectivity index (χ3n) is 2.44. The summed E-state index contributed by atoms with van der Waals surface area (Å²) in [5, 5.41) is 9.57. The zero-order valence-electron chi connectivity index (χ0n) is 9.97. The molecule has 0 aliphatic carbocycles. The van der Waals surface area contributed by atoms with Crippen molar-refractivity contribution in [1.82, 2.24) is 10.2 Å². The van der Waals surface area contributed by atoms with Crippen molar-refractivity contribution in [2.75, 3.05) is 11.9 Å². The maximum absolute atomic E-state index is 11.2. The molecule has 0 unspecified atom stereocenters. The van der Waals surface area contributed by atoms with Crippen LogP contribution in [0.2, 0.25) is 0 Å². The molecular weight excluding hydrogens is 234 g/mol. The first-order chi connectivity index (χ1) is 8.08. The van der Waals surface area contributed by atoms with Gasteiger partial charge in [0.05, 0.1) is 0 Å². The molecule has 17 heavy (non-hydrogen) atoms. The molecule has 0 N–H and O–H groups in total. The predicted octanol–water partition coefficient (Wildman–Crippen LogP) is 2.50. The van der Waals surface area contributed by atoms with Gasteiger partial charge in [0, 0.05) is 19.5 Å². The van der Waals surface area contributed by atoms with Gasteiger partial charge in [-0.1, -0.05) is 35.1 Å². The Balaban J connectivity index is 2.33. The Morgan fingerprint density at radius 3 is 2.76 bits per heavy atom. The predicted molar refractivity (Wildman–Crippen MR) is 69.2 cm³/mol. The molecule has 0 saturated carbocycles. The van der Waals surface area contributed by atoms with E-state index in [1.54, 1.807) is 7.05 Å². The molecule has 4 nitrogen and oxygen atoms in total. The SMILES string of the molecule is CC(=O)N(C)c1nnc(-c2cccc(C)c2)s1. The number of amides is 1. The molecule has 0 saturated heterocycles. The Bertz CT molecular complexity index is 550. The van der Waals surface area contributed by atoms with Crippen molar-refractivity contribution in [2.45, 2.75) is 13.8 Å². The summed E-state index contributed by atoms with van der Waals surface area (Å²) in [6, 6.07) is 8.07. The highest BCUT2D eigenvalue weighted by Gasteiger charge is 2.12. The normalized spacial score (nSPS) is 10.3. The Kier molecular flexibility index (Phi) is 3.19. The van der Waals surface area contributed by atoms with Gasteiger partial charge in [-0.05, 0) is 13.0 Å². The average Bonchev–Trinajstić information content (AvgIpc) is 2.77. The average molecular weight is 247 g/mol. The van der Waals surface area contributed by atoms with Crippen LogP contribution in [0.1, 0.15) is 12.5 Å². The number of rotatable bonds is 2. The number of carbonyl (C=O) groups is 1. The second-order valence-electron chi connectivity index (χ2n) is 3.84. The Hall–Kier alpha value is -1.75. The van der Waals surface area contributed by atoms with Crippen LogP contribution in [0, 0.1) is 6.92 Å². The minimum absolute atomic E-state index is 0.0445. The van der Waals surface area contributed by atoms with Gasteiger partial charge in [0.2, 0.25) is 11.0 Å². The summed E-state index contributed by atoms with van der Waals surface area (Å²) in [7, 11) is 1.70. The van der Waals surface area contributed by atoms with Crippen molar-refractivity contribution in [2.24, 2.45) is 0 Å². The third-order valence-corrected chi connectivity index (χ3v) is 3.49. The first kappa shape index (κ1) is 11.7. The van der Waals surface area contributed by atoms with E-state index < -0.39 is 0 Å². The second kappa shape index (κ2) is 4.63. The standard InChI is InChI=1S/C12H13N3OS/c1-8-5-4-6-10(7-8)11-13-14-12(17-11)15(3)9(2)16/h4-7H,1-3H3. The highest BCUT2D eigenvalue weighted by molar-refractivity contribution is 7.18. The van der Waals surface area contributed by atoms with Crippen LogP contribution in [-0.4, -0.2) is 23.2 Å². The van der Waals surface area contributed by atoms with E-state index in [2.05, 4.69) is 16.3 Å². The van der Waals surface area contributed by atoms with Crippen molar-refractivity contribution in [3.63, 3.8) is 0 Å². The zero-order chi connectivity index (χ0) is 12.4. The second-order valence-corrected chi connectivity index (χ2v) is 4.79. The molecule has 0 aliphatic heterocycles. The van der Waals surface area contributed by atoms with E-state index in [0.29, 0.717) is 5.13 Å². The molecular formula is C12H13N3OS. The fourth-order valence-corrected chi connectivity index (χ4v) is 2.23. The van der Waals surface area contributed by atoms with Gasteiger partial charge in [0.25, 0.3) is 0 Å². The van der Waals surface area contributed by atoms with E-state index in [0.717, 1.165) is 10.6 Å². The highest BCUT2D eigenvalue weighted by atomic mass is 32.1. The molecule has 1 heterocycles. The quantitative estimate of drug-likeness (QED) is 0.819. The number of anilines is 1. The van der Waals surface area contributed by atoms with Crippen molar-refractivity contribution in [3.8, 4) is 10.6 Å². The van der Waals surface area contributed by atoms with E-state index >= 15 is 0 Å². The first-order valence-corrected chi connectivity index (χ1v) is 6.04. The molecule has 5 heteroatoms. The molecule has 2 rings (SSSR count). The van der Waals surface area contributed by atoms with E-state index in [1.165, 1.54) is 28.7 Å².